The molecule has 23 heavy (non-hydrogen) atoms. The van der Waals surface area contributed by atoms with Crippen LogP contribution in [0.25, 0.3) is 0 Å². The Bertz CT molecular complexity index is 574. The first kappa shape index (κ1) is 17.3. The number of amides is 1. The number of hydrogen-bond donors (Lipinski definition) is 1. The first-order valence-corrected chi connectivity index (χ1v) is 7.58. The van der Waals surface area contributed by atoms with Crippen LogP contribution in [0.1, 0.15) is 29.6 Å². The largest absolute Gasteiger partial charge is 0.378 e. The van der Waals surface area contributed by atoms with Crippen molar-refractivity contribution in [3.05, 3.63) is 39.7 Å². The molecule has 0 aromatic heterocycles. The second kappa shape index (κ2) is 7.98. The van der Waals surface area contributed by atoms with Crippen molar-refractivity contribution in [2.75, 3.05) is 26.2 Å². The summed E-state index contributed by atoms with van der Waals surface area (Å²) in [6.07, 6.45) is 2.26. The van der Waals surface area contributed by atoms with E-state index < -0.39 is 16.6 Å². The Morgan fingerprint density at radius 3 is 2.70 bits per heavy atom. The van der Waals surface area contributed by atoms with Gasteiger partial charge in [0.2, 0.25) is 0 Å². The van der Waals surface area contributed by atoms with Crippen LogP contribution in [0.15, 0.2) is 18.2 Å². The monoisotopic (exact) mass is 325 g/mol. The second-order valence-corrected chi connectivity index (χ2v) is 5.43. The van der Waals surface area contributed by atoms with Gasteiger partial charge in [0.15, 0.2) is 0 Å². The van der Waals surface area contributed by atoms with Gasteiger partial charge in [-0.2, -0.15) is 0 Å². The molecule has 1 aromatic rings. The number of nitrogens with zero attached hydrogens (tertiary/aromatic N) is 2. The SMILES string of the molecule is NCCCOC1CCN(C(=O)c2ccc([N+](=O)[O-])cc2F)CC1. The summed E-state index contributed by atoms with van der Waals surface area (Å²) in [4.78, 5) is 23.8. The van der Waals surface area contributed by atoms with Gasteiger partial charge in [0.25, 0.3) is 11.6 Å². The third kappa shape index (κ3) is 4.46. The van der Waals surface area contributed by atoms with Crippen molar-refractivity contribution in [1.29, 1.82) is 0 Å². The van der Waals surface area contributed by atoms with Crippen molar-refractivity contribution in [3.63, 3.8) is 0 Å². The molecule has 0 saturated carbocycles. The van der Waals surface area contributed by atoms with Crippen LogP contribution in [0.2, 0.25) is 0 Å². The lowest BCUT2D eigenvalue weighted by Gasteiger charge is -2.32. The van der Waals surface area contributed by atoms with Crippen LogP contribution in [0.3, 0.4) is 0 Å². The van der Waals surface area contributed by atoms with Crippen LogP contribution in [0, 0.1) is 15.9 Å². The minimum absolute atomic E-state index is 0.0901. The average Bonchev–Trinajstić information content (AvgIpc) is 2.55. The van der Waals surface area contributed by atoms with E-state index in [9.17, 15) is 19.3 Å². The van der Waals surface area contributed by atoms with Crippen molar-refractivity contribution in [1.82, 2.24) is 4.90 Å². The molecule has 1 aliphatic rings. The number of nitrogens with two attached hydrogens (primary N) is 1. The van der Waals surface area contributed by atoms with Crippen LogP contribution < -0.4 is 5.73 Å². The summed E-state index contributed by atoms with van der Waals surface area (Å²) in [7, 11) is 0. The van der Waals surface area contributed by atoms with E-state index in [2.05, 4.69) is 0 Å². The first-order chi connectivity index (χ1) is 11.0. The standard InChI is InChI=1S/C15H20FN3O4/c16-14-10-11(19(21)22)2-3-13(14)15(20)18-7-4-12(5-8-18)23-9-1-6-17/h2-3,10,12H,1,4-9,17H2. The van der Waals surface area contributed by atoms with Gasteiger partial charge in [-0.15, -0.1) is 0 Å². The highest BCUT2D eigenvalue weighted by molar-refractivity contribution is 5.94. The van der Waals surface area contributed by atoms with E-state index >= 15 is 0 Å². The maximum Gasteiger partial charge on any atom is 0.272 e. The predicted octanol–water partition coefficient (Wildman–Crippen LogP) is 1.70. The van der Waals surface area contributed by atoms with Gasteiger partial charge in [-0.05, 0) is 31.9 Å². The van der Waals surface area contributed by atoms with Crippen molar-refractivity contribution in [3.8, 4) is 0 Å². The van der Waals surface area contributed by atoms with Gasteiger partial charge < -0.3 is 15.4 Å². The minimum atomic E-state index is -0.870. The average molecular weight is 325 g/mol. The molecule has 2 N–H and O–H groups in total. The number of nitro benzene ring substituents is 1. The molecule has 0 unspecified atom stereocenters. The summed E-state index contributed by atoms with van der Waals surface area (Å²) in [5.74, 6) is -1.32. The zero-order valence-electron chi connectivity index (χ0n) is 12.7. The third-order valence-corrected chi connectivity index (χ3v) is 3.83. The summed E-state index contributed by atoms with van der Waals surface area (Å²) in [5.41, 5.74) is 4.89. The molecule has 8 heteroatoms. The fourth-order valence-electron chi connectivity index (χ4n) is 2.52. The number of likely N-dealkylation sites (tertiary alicyclic amines) is 1. The Morgan fingerprint density at radius 2 is 2.13 bits per heavy atom. The number of benzene rings is 1. The Hall–Kier alpha value is -2.06. The van der Waals surface area contributed by atoms with Gasteiger partial charge >= 0.3 is 0 Å². The van der Waals surface area contributed by atoms with E-state index in [-0.39, 0.29) is 17.4 Å². The lowest BCUT2D eigenvalue weighted by molar-refractivity contribution is -0.385. The number of ether oxygens (including phenoxy) is 1. The van der Waals surface area contributed by atoms with Crippen molar-refractivity contribution < 1.29 is 18.8 Å². The van der Waals surface area contributed by atoms with Gasteiger partial charge in [0, 0.05) is 25.8 Å². The predicted molar refractivity (Wildman–Crippen MR) is 81.6 cm³/mol. The zero-order chi connectivity index (χ0) is 16.8. The molecule has 0 aliphatic carbocycles. The minimum Gasteiger partial charge on any atom is -0.378 e. The maximum absolute atomic E-state index is 13.9. The Balaban J connectivity index is 1.93. The molecule has 0 spiro atoms. The Kier molecular flexibility index (Phi) is 6.00. The van der Waals surface area contributed by atoms with E-state index in [1.807, 2.05) is 0 Å². The van der Waals surface area contributed by atoms with Gasteiger partial charge in [-0.3, -0.25) is 14.9 Å². The molecule has 2 rings (SSSR count). The molecule has 0 bridgehead atoms. The molecular formula is C15H20FN3O4. The topological polar surface area (TPSA) is 98.7 Å². The van der Waals surface area contributed by atoms with Crippen LogP contribution in [0.4, 0.5) is 10.1 Å². The lowest BCUT2D eigenvalue weighted by atomic mass is 10.1. The molecule has 1 heterocycles. The summed E-state index contributed by atoms with van der Waals surface area (Å²) in [5, 5.41) is 10.6. The fourth-order valence-corrected chi connectivity index (χ4v) is 2.52. The maximum atomic E-state index is 13.9. The molecule has 1 aromatic carbocycles. The Labute approximate surface area is 133 Å². The highest BCUT2D eigenvalue weighted by Crippen LogP contribution is 2.21. The normalized spacial score (nSPS) is 15.7. The van der Waals surface area contributed by atoms with Crippen LogP contribution in [-0.4, -0.2) is 48.1 Å². The first-order valence-electron chi connectivity index (χ1n) is 7.58. The van der Waals surface area contributed by atoms with Crippen LogP contribution in [-0.2, 0) is 4.74 Å². The molecule has 1 fully saturated rings. The quantitative estimate of drug-likeness (QED) is 0.487. The molecule has 1 amide bonds. The van der Waals surface area contributed by atoms with E-state index in [1.54, 1.807) is 4.90 Å². The fraction of sp³-hybridized carbons (Fsp3) is 0.533. The van der Waals surface area contributed by atoms with Crippen molar-refractivity contribution in [2.45, 2.75) is 25.4 Å². The van der Waals surface area contributed by atoms with Crippen LogP contribution in [0.5, 0.6) is 0 Å². The third-order valence-electron chi connectivity index (χ3n) is 3.83. The van der Waals surface area contributed by atoms with Gasteiger partial charge in [0.1, 0.15) is 5.82 Å². The summed E-state index contributed by atoms with van der Waals surface area (Å²) in [6.45, 7) is 2.13. The van der Waals surface area contributed by atoms with E-state index in [1.165, 1.54) is 6.07 Å². The molecule has 1 aliphatic heterocycles. The second-order valence-electron chi connectivity index (χ2n) is 5.43. The van der Waals surface area contributed by atoms with Gasteiger partial charge in [-0.25, -0.2) is 4.39 Å². The molecule has 0 atom stereocenters. The molecule has 7 nitrogen and oxygen atoms in total. The van der Waals surface area contributed by atoms with Gasteiger partial charge in [-0.1, -0.05) is 0 Å². The summed E-state index contributed by atoms with van der Waals surface area (Å²) in [6, 6.07) is 3.08. The van der Waals surface area contributed by atoms with E-state index in [0.717, 1.165) is 18.6 Å². The number of hydrogen-bond acceptors (Lipinski definition) is 5. The number of nitro groups is 1. The van der Waals surface area contributed by atoms with Gasteiger partial charge in [0.05, 0.1) is 22.7 Å². The number of rotatable bonds is 6. The summed E-state index contributed by atoms with van der Waals surface area (Å²) < 4.78 is 19.6. The van der Waals surface area contributed by atoms with E-state index in [4.69, 9.17) is 10.5 Å². The number of carbonyl (C=O) groups is 1. The number of piperidine rings is 1. The van der Waals surface area contributed by atoms with E-state index in [0.29, 0.717) is 39.1 Å². The number of non-ortho nitro benzene ring substituents is 1. The van der Waals surface area contributed by atoms with Crippen molar-refractivity contribution in [2.24, 2.45) is 5.73 Å². The smallest absolute Gasteiger partial charge is 0.272 e. The molecule has 0 radical (unpaired) electrons. The summed E-state index contributed by atoms with van der Waals surface area (Å²) >= 11 is 0. The van der Waals surface area contributed by atoms with Crippen LogP contribution >= 0.6 is 0 Å². The molecule has 1 saturated heterocycles. The molecule has 126 valence electrons. The highest BCUT2D eigenvalue weighted by atomic mass is 19.1. The highest BCUT2D eigenvalue weighted by Gasteiger charge is 2.26. The number of carbonyl (C=O) groups excluding carboxylic acids is 1. The van der Waals surface area contributed by atoms with Crippen molar-refractivity contribution >= 4 is 11.6 Å². The lowest BCUT2D eigenvalue weighted by Crippen LogP contribution is -2.41. The molecular weight excluding hydrogens is 305 g/mol. The Morgan fingerprint density at radius 1 is 1.43 bits per heavy atom. The zero-order valence-corrected chi connectivity index (χ0v) is 12.7. The number of halogens is 1.